The third kappa shape index (κ3) is 2.35. The first-order valence-electron chi connectivity index (χ1n) is 7.62. The summed E-state index contributed by atoms with van der Waals surface area (Å²) in [5.41, 5.74) is 4.10. The predicted octanol–water partition coefficient (Wildman–Crippen LogP) is 4.14. The average Bonchev–Trinajstić information content (AvgIpc) is 2.73. The molecule has 2 nitrogen and oxygen atoms in total. The van der Waals surface area contributed by atoms with Gasteiger partial charge in [0.05, 0.1) is 5.92 Å². The molecule has 3 rings (SSSR count). The molecule has 0 saturated heterocycles. The summed E-state index contributed by atoms with van der Waals surface area (Å²) in [6.07, 6.45) is 0. The normalized spacial score (nSPS) is 18.8. The Kier molecular flexibility index (Phi) is 3.61. The molecule has 1 amide bonds. The number of carbonyl (C=O) groups excluding carboxylic acids is 1. The number of hydrogen-bond donors (Lipinski definition) is 1. The molecule has 22 heavy (non-hydrogen) atoms. The fourth-order valence-corrected chi connectivity index (χ4v) is 3.29. The lowest BCUT2D eigenvalue weighted by Crippen LogP contribution is -2.34. The zero-order valence-corrected chi connectivity index (χ0v) is 13.1. The van der Waals surface area contributed by atoms with E-state index < -0.39 is 0 Å². The number of carbonyl (C=O) groups is 1. The molecule has 0 bridgehead atoms. The van der Waals surface area contributed by atoms with Gasteiger partial charge in [0.1, 0.15) is 0 Å². The van der Waals surface area contributed by atoms with Gasteiger partial charge in [0.2, 0.25) is 5.91 Å². The number of fused-ring (bicyclic) bond motifs is 1. The van der Waals surface area contributed by atoms with Crippen LogP contribution in [0.4, 0.5) is 0 Å². The minimum absolute atomic E-state index is 0.0694. The van der Waals surface area contributed by atoms with Gasteiger partial charge < -0.3 is 5.32 Å². The summed E-state index contributed by atoms with van der Waals surface area (Å²) in [4.78, 5) is 12.8. The van der Waals surface area contributed by atoms with E-state index in [0.29, 0.717) is 6.54 Å². The van der Waals surface area contributed by atoms with Gasteiger partial charge in [0.25, 0.3) is 0 Å². The van der Waals surface area contributed by atoms with E-state index in [9.17, 15) is 4.79 Å². The fourth-order valence-electron chi connectivity index (χ4n) is 3.29. The Morgan fingerprint density at radius 1 is 1.09 bits per heavy atom. The molecule has 1 atom stereocenters. The summed E-state index contributed by atoms with van der Waals surface area (Å²) in [6.45, 7) is 8.97. The number of allylic oxidation sites excluding steroid dienone is 1. The predicted molar refractivity (Wildman–Crippen MR) is 90.3 cm³/mol. The molecule has 0 fully saturated rings. The molecule has 1 aliphatic rings. The summed E-state index contributed by atoms with van der Waals surface area (Å²) < 4.78 is 0. The number of rotatable bonds is 3. The molecule has 1 N–H and O–H groups in total. The molecule has 2 aromatic rings. The van der Waals surface area contributed by atoms with Crippen LogP contribution in [0.15, 0.2) is 61.2 Å². The smallest absolute Gasteiger partial charge is 0.228 e. The number of hydrogen-bond acceptors (Lipinski definition) is 1. The van der Waals surface area contributed by atoms with Gasteiger partial charge in [-0.05, 0) is 22.3 Å². The van der Waals surface area contributed by atoms with Crippen LogP contribution in [0, 0.1) is 5.41 Å². The highest BCUT2D eigenvalue weighted by Gasteiger charge is 2.45. The minimum Gasteiger partial charge on any atom is -0.351 e. The van der Waals surface area contributed by atoms with Crippen LogP contribution in [-0.2, 0) is 11.3 Å². The summed E-state index contributed by atoms with van der Waals surface area (Å²) >= 11 is 0. The molecule has 0 aromatic heterocycles. The van der Waals surface area contributed by atoms with Crippen LogP contribution in [0.25, 0.3) is 5.57 Å². The van der Waals surface area contributed by atoms with Crippen LogP contribution < -0.4 is 5.32 Å². The highest BCUT2D eigenvalue weighted by molar-refractivity contribution is 5.93. The molecule has 0 radical (unpaired) electrons. The Bertz CT molecular complexity index is 715. The van der Waals surface area contributed by atoms with Gasteiger partial charge in [-0.15, -0.1) is 0 Å². The molecule has 0 aliphatic heterocycles. The second kappa shape index (κ2) is 5.45. The second-order valence-corrected chi connectivity index (χ2v) is 6.42. The quantitative estimate of drug-likeness (QED) is 0.904. The first kappa shape index (κ1) is 14.6. The van der Waals surface area contributed by atoms with E-state index in [2.05, 4.69) is 31.8 Å². The van der Waals surface area contributed by atoms with Crippen molar-refractivity contribution in [2.24, 2.45) is 5.41 Å². The summed E-state index contributed by atoms with van der Waals surface area (Å²) in [7, 11) is 0. The first-order valence-corrected chi connectivity index (χ1v) is 7.62. The summed E-state index contributed by atoms with van der Waals surface area (Å²) in [6, 6.07) is 18.1. The Morgan fingerprint density at radius 3 is 2.45 bits per heavy atom. The van der Waals surface area contributed by atoms with Gasteiger partial charge in [-0.25, -0.2) is 0 Å². The zero-order valence-electron chi connectivity index (χ0n) is 13.1. The lowest BCUT2D eigenvalue weighted by atomic mass is 9.77. The summed E-state index contributed by atoms with van der Waals surface area (Å²) in [5.74, 6) is -0.111. The van der Waals surface area contributed by atoms with Crippen molar-refractivity contribution in [3.8, 4) is 0 Å². The van der Waals surface area contributed by atoms with Crippen molar-refractivity contribution in [3.05, 3.63) is 77.9 Å². The highest BCUT2D eigenvalue weighted by Crippen LogP contribution is 2.53. The number of amides is 1. The lowest BCUT2D eigenvalue weighted by molar-refractivity contribution is -0.124. The van der Waals surface area contributed by atoms with E-state index in [1.165, 1.54) is 0 Å². The maximum absolute atomic E-state index is 12.8. The highest BCUT2D eigenvalue weighted by atomic mass is 16.1. The first-order chi connectivity index (χ1) is 10.5. The molecule has 2 aromatic carbocycles. The van der Waals surface area contributed by atoms with Crippen molar-refractivity contribution >= 4 is 11.5 Å². The topological polar surface area (TPSA) is 29.1 Å². The van der Waals surface area contributed by atoms with Gasteiger partial charge >= 0.3 is 0 Å². The lowest BCUT2D eigenvalue weighted by Gasteiger charge is -2.27. The van der Waals surface area contributed by atoms with Gasteiger partial charge in [-0.1, -0.05) is 75.0 Å². The molecule has 0 spiro atoms. The minimum atomic E-state index is -0.259. The number of benzene rings is 2. The van der Waals surface area contributed by atoms with E-state index in [0.717, 1.165) is 22.3 Å². The Morgan fingerprint density at radius 2 is 1.73 bits per heavy atom. The maximum atomic E-state index is 12.8. The van der Waals surface area contributed by atoms with Crippen LogP contribution in [0.5, 0.6) is 0 Å². The molecule has 0 saturated carbocycles. The maximum Gasteiger partial charge on any atom is 0.228 e. The van der Waals surface area contributed by atoms with E-state index in [1.807, 2.05) is 48.5 Å². The Hall–Kier alpha value is -2.35. The van der Waals surface area contributed by atoms with Gasteiger partial charge in [0.15, 0.2) is 0 Å². The van der Waals surface area contributed by atoms with Crippen molar-refractivity contribution in [1.82, 2.24) is 5.32 Å². The van der Waals surface area contributed by atoms with Gasteiger partial charge in [0, 0.05) is 12.0 Å². The Balaban J connectivity index is 1.84. The van der Waals surface area contributed by atoms with Crippen molar-refractivity contribution < 1.29 is 4.79 Å². The molecule has 1 unspecified atom stereocenters. The summed E-state index contributed by atoms with van der Waals surface area (Å²) in [5, 5.41) is 3.08. The second-order valence-electron chi connectivity index (χ2n) is 6.42. The molecular weight excluding hydrogens is 270 g/mol. The molecule has 1 aliphatic carbocycles. The van der Waals surface area contributed by atoms with E-state index in [4.69, 9.17) is 0 Å². The fraction of sp³-hybridized carbons (Fsp3) is 0.250. The van der Waals surface area contributed by atoms with Crippen molar-refractivity contribution in [1.29, 1.82) is 0 Å². The largest absolute Gasteiger partial charge is 0.351 e. The average molecular weight is 291 g/mol. The van der Waals surface area contributed by atoms with Crippen molar-refractivity contribution in [2.75, 3.05) is 0 Å². The van der Waals surface area contributed by atoms with E-state index in [-0.39, 0.29) is 17.2 Å². The monoisotopic (exact) mass is 291 g/mol. The van der Waals surface area contributed by atoms with Gasteiger partial charge in [-0.2, -0.15) is 0 Å². The SMILES string of the molecule is C=C1c2ccccc2C(C(=O)NCc2ccccc2)C1(C)C. The van der Waals surface area contributed by atoms with Gasteiger partial charge in [-0.3, -0.25) is 4.79 Å². The van der Waals surface area contributed by atoms with Crippen LogP contribution >= 0.6 is 0 Å². The standard InChI is InChI=1S/C20H21NO/c1-14-16-11-7-8-12-17(16)18(20(14,2)3)19(22)21-13-15-9-5-4-6-10-15/h4-12,18H,1,13H2,2-3H3,(H,21,22). The molecule has 112 valence electrons. The van der Waals surface area contributed by atoms with Crippen LogP contribution in [-0.4, -0.2) is 5.91 Å². The third-order valence-electron chi connectivity index (χ3n) is 4.67. The molecular formula is C20H21NO. The van der Waals surface area contributed by atoms with Crippen molar-refractivity contribution in [3.63, 3.8) is 0 Å². The van der Waals surface area contributed by atoms with Crippen LogP contribution in [0.3, 0.4) is 0 Å². The van der Waals surface area contributed by atoms with Crippen LogP contribution in [0.2, 0.25) is 0 Å². The van der Waals surface area contributed by atoms with E-state index in [1.54, 1.807) is 0 Å². The zero-order chi connectivity index (χ0) is 15.7. The van der Waals surface area contributed by atoms with Crippen molar-refractivity contribution in [2.45, 2.75) is 26.3 Å². The molecule has 0 heterocycles. The van der Waals surface area contributed by atoms with E-state index >= 15 is 0 Å². The Labute approximate surface area is 131 Å². The van der Waals surface area contributed by atoms with Crippen LogP contribution in [0.1, 0.15) is 36.5 Å². The molecule has 2 heteroatoms. The third-order valence-corrected chi connectivity index (χ3v) is 4.67. The number of nitrogens with one attached hydrogen (secondary N) is 1.